The maximum absolute atomic E-state index is 12.7. The van der Waals surface area contributed by atoms with E-state index in [0.717, 1.165) is 0 Å². The number of aryl methyl sites for hydroxylation is 1. The maximum Gasteiger partial charge on any atom is 0.274 e. The number of rotatable bonds is 7. The summed E-state index contributed by atoms with van der Waals surface area (Å²) < 4.78 is 15.8. The molecule has 1 amide bonds. The first-order chi connectivity index (χ1) is 14.0. The molecule has 0 atom stereocenters. The molecule has 8 heteroatoms. The number of carbonyl (C=O) groups excluding carboxylic acids is 1. The number of ether oxygens (including phenoxy) is 3. The molecular formula is C21H22N4O4. The maximum atomic E-state index is 12.7. The monoisotopic (exact) mass is 394 g/mol. The fourth-order valence-electron chi connectivity index (χ4n) is 2.72. The first-order valence-electron chi connectivity index (χ1n) is 8.83. The van der Waals surface area contributed by atoms with Gasteiger partial charge in [-0.05, 0) is 37.3 Å². The lowest BCUT2D eigenvalue weighted by molar-refractivity contribution is 0.102. The molecule has 3 rings (SSSR count). The van der Waals surface area contributed by atoms with Crippen molar-refractivity contribution in [1.29, 1.82) is 0 Å². The normalized spacial score (nSPS) is 10.2. The van der Waals surface area contributed by atoms with Gasteiger partial charge in [-0.1, -0.05) is 12.1 Å². The summed E-state index contributed by atoms with van der Waals surface area (Å²) in [4.78, 5) is 21.4. The van der Waals surface area contributed by atoms with Gasteiger partial charge >= 0.3 is 0 Å². The van der Waals surface area contributed by atoms with Crippen molar-refractivity contribution in [1.82, 2.24) is 9.97 Å². The Balaban J connectivity index is 1.83. The van der Waals surface area contributed by atoms with Crippen LogP contribution in [-0.2, 0) is 0 Å². The molecule has 0 saturated heterocycles. The molecular weight excluding hydrogens is 372 g/mol. The Morgan fingerprint density at radius 1 is 0.862 bits per heavy atom. The van der Waals surface area contributed by atoms with E-state index in [2.05, 4.69) is 20.6 Å². The van der Waals surface area contributed by atoms with Gasteiger partial charge in [0.25, 0.3) is 5.91 Å². The van der Waals surface area contributed by atoms with E-state index in [-0.39, 0.29) is 11.6 Å². The lowest BCUT2D eigenvalue weighted by Crippen LogP contribution is -2.16. The van der Waals surface area contributed by atoms with Crippen molar-refractivity contribution in [2.24, 2.45) is 0 Å². The molecule has 0 aliphatic carbocycles. The molecule has 0 saturated carbocycles. The Labute approximate surface area is 168 Å². The second kappa shape index (κ2) is 8.92. The summed E-state index contributed by atoms with van der Waals surface area (Å²) in [5.74, 6) is 1.67. The van der Waals surface area contributed by atoms with Gasteiger partial charge in [0, 0.05) is 17.4 Å². The van der Waals surface area contributed by atoms with Crippen LogP contribution in [0.15, 0.2) is 48.5 Å². The molecule has 1 aromatic heterocycles. The Morgan fingerprint density at radius 2 is 1.59 bits per heavy atom. The average Bonchev–Trinajstić information content (AvgIpc) is 2.73. The van der Waals surface area contributed by atoms with E-state index in [1.807, 2.05) is 18.2 Å². The molecule has 1 heterocycles. The summed E-state index contributed by atoms with van der Waals surface area (Å²) in [6.07, 6.45) is 0. The highest BCUT2D eigenvalue weighted by atomic mass is 16.5. The van der Waals surface area contributed by atoms with Crippen LogP contribution >= 0.6 is 0 Å². The zero-order valence-corrected chi connectivity index (χ0v) is 16.6. The third-order valence-electron chi connectivity index (χ3n) is 4.08. The van der Waals surface area contributed by atoms with Gasteiger partial charge in [-0.15, -0.1) is 0 Å². The zero-order chi connectivity index (χ0) is 20.8. The molecule has 3 aromatic rings. The number of nitrogens with one attached hydrogen (secondary N) is 2. The summed E-state index contributed by atoms with van der Waals surface area (Å²) in [6, 6.07) is 14.1. The predicted molar refractivity (Wildman–Crippen MR) is 111 cm³/mol. The van der Waals surface area contributed by atoms with Crippen LogP contribution in [0.25, 0.3) is 0 Å². The molecule has 8 nitrogen and oxygen atoms in total. The smallest absolute Gasteiger partial charge is 0.274 e. The van der Waals surface area contributed by atoms with Gasteiger partial charge in [-0.2, -0.15) is 0 Å². The van der Waals surface area contributed by atoms with Crippen molar-refractivity contribution in [3.63, 3.8) is 0 Å². The number of hydrogen-bond donors (Lipinski definition) is 2. The van der Waals surface area contributed by atoms with Crippen LogP contribution in [-0.4, -0.2) is 37.2 Å². The van der Waals surface area contributed by atoms with Crippen LogP contribution in [0.2, 0.25) is 0 Å². The van der Waals surface area contributed by atoms with Crippen molar-refractivity contribution in [2.75, 3.05) is 32.0 Å². The summed E-state index contributed by atoms with van der Waals surface area (Å²) in [5, 5.41) is 5.90. The third-order valence-corrected chi connectivity index (χ3v) is 4.08. The van der Waals surface area contributed by atoms with E-state index in [1.54, 1.807) is 58.6 Å². The van der Waals surface area contributed by atoms with E-state index in [9.17, 15) is 4.79 Å². The highest BCUT2D eigenvalue weighted by molar-refractivity contribution is 6.03. The topological polar surface area (TPSA) is 94.6 Å². The van der Waals surface area contributed by atoms with Crippen LogP contribution in [0.1, 0.15) is 16.2 Å². The molecule has 2 aromatic carbocycles. The summed E-state index contributed by atoms with van der Waals surface area (Å²) in [6.45, 7) is 1.79. The van der Waals surface area contributed by atoms with Crippen molar-refractivity contribution in [2.45, 2.75) is 6.92 Å². The number of para-hydroxylation sites is 2. The molecule has 0 aliphatic rings. The van der Waals surface area contributed by atoms with Crippen molar-refractivity contribution >= 4 is 23.2 Å². The van der Waals surface area contributed by atoms with E-state index >= 15 is 0 Å². The average molecular weight is 394 g/mol. The fraction of sp³-hybridized carbons (Fsp3) is 0.190. The van der Waals surface area contributed by atoms with Crippen molar-refractivity contribution in [3.8, 4) is 17.2 Å². The Morgan fingerprint density at radius 3 is 2.31 bits per heavy atom. The summed E-state index contributed by atoms with van der Waals surface area (Å²) >= 11 is 0. The van der Waals surface area contributed by atoms with Gasteiger partial charge in [0.2, 0.25) is 5.95 Å². The molecule has 0 bridgehead atoms. The highest BCUT2D eigenvalue weighted by Gasteiger charge is 2.14. The Bertz CT molecular complexity index is 1020. The first-order valence-corrected chi connectivity index (χ1v) is 8.83. The number of aromatic nitrogens is 2. The van der Waals surface area contributed by atoms with Crippen molar-refractivity contribution in [3.05, 3.63) is 59.9 Å². The Kier molecular flexibility index (Phi) is 6.13. The SMILES string of the molecule is COc1ccccc1NC(=O)c1cc(C)nc(Nc2ccc(OC)c(OC)c2)n1. The van der Waals surface area contributed by atoms with Gasteiger partial charge in [0.05, 0.1) is 27.0 Å². The van der Waals surface area contributed by atoms with Crippen LogP contribution in [0.5, 0.6) is 17.2 Å². The van der Waals surface area contributed by atoms with Gasteiger partial charge in [0.15, 0.2) is 11.5 Å². The first kappa shape index (κ1) is 19.9. The number of hydrogen-bond acceptors (Lipinski definition) is 7. The number of anilines is 3. The molecule has 150 valence electrons. The predicted octanol–water partition coefficient (Wildman–Crippen LogP) is 3.81. The van der Waals surface area contributed by atoms with E-state index < -0.39 is 0 Å². The number of amides is 1. The number of nitrogens with zero attached hydrogens (tertiary/aromatic N) is 2. The number of carbonyl (C=O) groups is 1. The van der Waals surface area contributed by atoms with Gasteiger partial charge in [-0.25, -0.2) is 9.97 Å². The number of benzene rings is 2. The minimum absolute atomic E-state index is 0.228. The fourth-order valence-corrected chi connectivity index (χ4v) is 2.72. The van der Waals surface area contributed by atoms with E-state index in [1.165, 1.54) is 0 Å². The largest absolute Gasteiger partial charge is 0.495 e. The Hall–Kier alpha value is -3.81. The minimum Gasteiger partial charge on any atom is -0.495 e. The molecule has 0 spiro atoms. The van der Waals surface area contributed by atoms with Crippen molar-refractivity contribution < 1.29 is 19.0 Å². The molecule has 29 heavy (non-hydrogen) atoms. The van der Waals surface area contributed by atoms with Crippen LogP contribution in [0.4, 0.5) is 17.3 Å². The summed E-state index contributed by atoms with van der Waals surface area (Å²) in [5.41, 5.74) is 2.13. The van der Waals surface area contributed by atoms with Crippen LogP contribution in [0.3, 0.4) is 0 Å². The second-order valence-electron chi connectivity index (χ2n) is 6.07. The molecule has 0 radical (unpaired) electrons. The molecule has 0 fully saturated rings. The number of methoxy groups -OCH3 is 3. The van der Waals surface area contributed by atoms with Crippen LogP contribution in [0, 0.1) is 6.92 Å². The molecule has 0 unspecified atom stereocenters. The zero-order valence-electron chi connectivity index (χ0n) is 16.6. The molecule has 0 aliphatic heterocycles. The minimum atomic E-state index is -0.365. The van der Waals surface area contributed by atoms with Crippen LogP contribution < -0.4 is 24.8 Å². The van der Waals surface area contributed by atoms with Gasteiger partial charge in [0.1, 0.15) is 11.4 Å². The molecule has 2 N–H and O–H groups in total. The van der Waals surface area contributed by atoms with E-state index in [0.29, 0.717) is 40.3 Å². The lowest BCUT2D eigenvalue weighted by atomic mass is 10.2. The van der Waals surface area contributed by atoms with Gasteiger partial charge < -0.3 is 24.8 Å². The third kappa shape index (κ3) is 4.73. The quantitative estimate of drug-likeness (QED) is 0.629. The second-order valence-corrected chi connectivity index (χ2v) is 6.07. The highest BCUT2D eigenvalue weighted by Crippen LogP contribution is 2.30. The lowest BCUT2D eigenvalue weighted by Gasteiger charge is -2.12. The van der Waals surface area contributed by atoms with E-state index in [4.69, 9.17) is 14.2 Å². The van der Waals surface area contributed by atoms with Gasteiger partial charge in [-0.3, -0.25) is 4.79 Å². The summed E-state index contributed by atoms with van der Waals surface area (Å²) in [7, 11) is 4.68. The standard InChI is InChI=1S/C21H22N4O4/c1-13-11-16(20(26)24-15-7-5-6-8-17(15)27-2)25-21(22-13)23-14-9-10-18(28-3)19(12-14)29-4/h5-12H,1-4H3,(H,24,26)(H,22,23,25).